The number of nitrogens with one attached hydrogen (secondary N) is 1. The number of para-hydroxylation sites is 1. The molecule has 3 aromatic rings. The van der Waals surface area contributed by atoms with E-state index >= 15 is 0 Å². The van der Waals surface area contributed by atoms with Crippen LogP contribution in [0.15, 0.2) is 53.0 Å². The predicted molar refractivity (Wildman–Crippen MR) is 83.8 cm³/mol. The van der Waals surface area contributed by atoms with Crippen LogP contribution in [0.25, 0.3) is 21.0 Å². The molecule has 3 nitrogen and oxygen atoms in total. The molecule has 3 rings (SSSR count). The second-order valence-electron chi connectivity index (χ2n) is 4.81. The Morgan fingerprint density at radius 1 is 1.30 bits per heavy atom. The van der Waals surface area contributed by atoms with Crippen LogP contribution in [0, 0.1) is 0 Å². The van der Waals surface area contributed by atoms with Gasteiger partial charge in [0.2, 0.25) is 0 Å². The van der Waals surface area contributed by atoms with Crippen molar-refractivity contribution in [3.05, 3.63) is 54.3 Å². The number of aromatic nitrogens is 1. The summed E-state index contributed by atoms with van der Waals surface area (Å²) in [7, 11) is 0. The molecule has 1 N–H and O–H groups in total. The average molecular weight is 284 g/mol. The van der Waals surface area contributed by atoms with E-state index < -0.39 is 0 Å². The lowest BCUT2D eigenvalue weighted by molar-refractivity contribution is 0.500. The van der Waals surface area contributed by atoms with E-state index in [9.17, 15) is 0 Å². The van der Waals surface area contributed by atoms with Crippen LogP contribution in [-0.2, 0) is 6.54 Å². The number of hydrogen-bond donors (Lipinski definition) is 1. The molecule has 1 aromatic carbocycles. The first kappa shape index (κ1) is 13.1. The van der Waals surface area contributed by atoms with Gasteiger partial charge in [-0.15, -0.1) is 11.3 Å². The van der Waals surface area contributed by atoms with E-state index in [4.69, 9.17) is 4.42 Å². The lowest BCUT2D eigenvalue weighted by Gasteiger charge is -2.00. The normalized spacial score (nSPS) is 11.1. The summed E-state index contributed by atoms with van der Waals surface area (Å²) in [6, 6.07) is 12.1. The number of hydrogen-bond acceptors (Lipinski definition) is 4. The molecule has 0 atom stereocenters. The molecule has 20 heavy (non-hydrogen) atoms. The van der Waals surface area contributed by atoms with E-state index in [1.54, 1.807) is 11.3 Å². The zero-order valence-corrected chi connectivity index (χ0v) is 12.2. The van der Waals surface area contributed by atoms with Crippen LogP contribution >= 0.6 is 11.3 Å². The molecule has 2 heterocycles. The molecule has 0 saturated carbocycles. The van der Waals surface area contributed by atoms with Crippen LogP contribution in [0.4, 0.5) is 0 Å². The second kappa shape index (κ2) is 5.61. The molecule has 0 amide bonds. The van der Waals surface area contributed by atoms with Gasteiger partial charge in [-0.05, 0) is 31.2 Å². The van der Waals surface area contributed by atoms with E-state index in [1.165, 1.54) is 4.70 Å². The highest BCUT2D eigenvalue weighted by molar-refractivity contribution is 7.21. The smallest absolute Gasteiger partial charge is 0.163 e. The molecule has 2 aromatic heterocycles. The number of rotatable bonds is 5. The zero-order valence-electron chi connectivity index (χ0n) is 11.3. The molecule has 0 radical (unpaired) electrons. The van der Waals surface area contributed by atoms with Crippen LogP contribution in [-0.4, -0.2) is 11.5 Å². The molecule has 102 valence electrons. The number of benzene rings is 1. The number of furan rings is 1. The van der Waals surface area contributed by atoms with Gasteiger partial charge in [0.25, 0.3) is 0 Å². The topological polar surface area (TPSA) is 38.1 Å². The van der Waals surface area contributed by atoms with Gasteiger partial charge in [0, 0.05) is 6.54 Å². The summed E-state index contributed by atoms with van der Waals surface area (Å²) in [5.74, 6) is 1.75. The van der Waals surface area contributed by atoms with Gasteiger partial charge >= 0.3 is 0 Å². The maximum absolute atomic E-state index is 5.84. The lowest BCUT2D eigenvalue weighted by atomic mass is 10.3. The van der Waals surface area contributed by atoms with Crippen molar-refractivity contribution < 1.29 is 4.42 Å². The Morgan fingerprint density at radius 2 is 2.15 bits per heavy atom. The van der Waals surface area contributed by atoms with Crippen molar-refractivity contribution in [1.82, 2.24) is 10.3 Å². The monoisotopic (exact) mass is 284 g/mol. The summed E-state index contributed by atoms with van der Waals surface area (Å²) in [6.45, 7) is 7.37. The Balaban J connectivity index is 1.77. The van der Waals surface area contributed by atoms with Gasteiger partial charge in [-0.25, -0.2) is 4.98 Å². The Morgan fingerprint density at radius 3 is 2.95 bits per heavy atom. The minimum atomic E-state index is 0.706. The molecule has 4 heteroatoms. The van der Waals surface area contributed by atoms with Gasteiger partial charge in [0.1, 0.15) is 5.76 Å². The maximum atomic E-state index is 5.84. The third-order valence-electron chi connectivity index (χ3n) is 2.89. The van der Waals surface area contributed by atoms with Crippen LogP contribution in [0.2, 0.25) is 0 Å². The third kappa shape index (κ3) is 2.81. The van der Waals surface area contributed by atoms with Crippen LogP contribution in [0.5, 0.6) is 0 Å². The third-order valence-corrected chi connectivity index (χ3v) is 3.94. The Hall–Kier alpha value is -1.91. The first-order valence-corrected chi connectivity index (χ1v) is 7.34. The fourth-order valence-corrected chi connectivity index (χ4v) is 2.89. The van der Waals surface area contributed by atoms with Crippen LogP contribution in [0.3, 0.4) is 0 Å². The predicted octanol–water partition coefficient (Wildman–Crippen LogP) is 4.22. The Kier molecular flexibility index (Phi) is 3.67. The van der Waals surface area contributed by atoms with Gasteiger partial charge in [-0.3, -0.25) is 0 Å². The highest BCUT2D eigenvalue weighted by Gasteiger charge is 2.10. The van der Waals surface area contributed by atoms with Crippen molar-refractivity contribution in [2.24, 2.45) is 0 Å². The van der Waals surface area contributed by atoms with Gasteiger partial charge in [-0.2, -0.15) is 0 Å². The van der Waals surface area contributed by atoms with Crippen molar-refractivity contribution >= 4 is 21.6 Å². The molecule has 0 aliphatic rings. The van der Waals surface area contributed by atoms with Crippen molar-refractivity contribution in [3.8, 4) is 10.8 Å². The number of thiazole rings is 1. The van der Waals surface area contributed by atoms with Gasteiger partial charge in [-0.1, -0.05) is 24.3 Å². The summed E-state index contributed by atoms with van der Waals surface area (Å²) < 4.78 is 7.02. The molecule has 0 saturated heterocycles. The minimum absolute atomic E-state index is 0.706. The molecule has 0 aliphatic carbocycles. The van der Waals surface area contributed by atoms with Gasteiger partial charge in [0.15, 0.2) is 10.8 Å². The minimum Gasteiger partial charge on any atom is -0.457 e. The van der Waals surface area contributed by atoms with E-state index in [1.807, 2.05) is 37.3 Å². The molecular weight excluding hydrogens is 268 g/mol. The highest BCUT2D eigenvalue weighted by Crippen LogP contribution is 2.30. The summed E-state index contributed by atoms with van der Waals surface area (Å²) in [5, 5.41) is 4.21. The summed E-state index contributed by atoms with van der Waals surface area (Å²) in [5.41, 5.74) is 2.13. The molecule has 0 unspecified atom stereocenters. The molecule has 0 spiro atoms. The maximum Gasteiger partial charge on any atom is 0.163 e. The Labute approximate surface area is 122 Å². The van der Waals surface area contributed by atoms with E-state index in [0.29, 0.717) is 6.54 Å². The molecule has 0 bridgehead atoms. The standard InChI is InChI=1S/C16H16N2OS/c1-11(2)9-17-10-12-7-8-14(19-12)16-18-13-5-3-4-6-15(13)20-16/h3-8,17H,1,9-10H2,2H3. The first-order valence-electron chi connectivity index (χ1n) is 6.52. The first-order chi connectivity index (χ1) is 9.72. The lowest BCUT2D eigenvalue weighted by Crippen LogP contribution is -2.14. The molecular formula is C16H16N2OS. The summed E-state index contributed by atoms with van der Waals surface area (Å²) in [4.78, 5) is 4.60. The van der Waals surface area contributed by atoms with Crippen LogP contribution < -0.4 is 5.32 Å². The molecule has 0 aliphatic heterocycles. The van der Waals surface area contributed by atoms with Crippen molar-refractivity contribution in [3.63, 3.8) is 0 Å². The van der Waals surface area contributed by atoms with Crippen LogP contribution in [0.1, 0.15) is 12.7 Å². The summed E-state index contributed by atoms with van der Waals surface area (Å²) >= 11 is 1.65. The van der Waals surface area contributed by atoms with E-state index in [0.717, 1.165) is 34.2 Å². The summed E-state index contributed by atoms with van der Waals surface area (Å²) in [6.07, 6.45) is 0. The van der Waals surface area contributed by atoms with E-state index in [2.05, 4.69) is 22.9 Å². The fourth-order valence-electron chi connectivity index (χ4n) is 1.96. The van der Waals surface area contributed by atoms with Gasteiger partial charge in [0.05, 0.1) is 16.8 Å². The van der Waals surface area contributed by atoms with E-state index in [-0.39, 0.29) is 0 Å². The SMILES string of the molecule is C=C(C)CNCc1ccc(-c2nc3ccccc3s2)o1. The number of nitrogens with zero attached hydrogens (tertiary/aromatic N) is 1. The fraction of sp³-hybridized carbons (Fsp3) is 0.188. The van der Waals surface area contributed by atoms with Gasteiger partial charge < -0.3 is 9.73 Å². The average Bonchev–Trinajstić information content (AvgIpc) is 3.03. The largest absolute Gasteiger partial charge is 0.457 e. The highest BCUT2D eigenvalue weighted by atomic mass is 32.1. The quantitative estimate of drug-likeness (QED) is 0.713. The zero-order chi connectivity index (χ0) is 13.9. The Bertz CT molecular complexity index is 709. The van der Waals surface area contributed by atoms with Crippen molar-refractivity contribution in [2.75, 3.05) is 6.54 Å². The molecule has 0 fully saturated rings. The number of fused-ring (bicyclic) bond motifs is 1. The van der Waals surface area contributed by atoms with Crippen molar-refractivity contribution in [1.29, 1.82) is 0 Å². The second-order valence-corrected chi connectivity index (χ2v) is 5.84. The van der Waals surface area contributed by atoms with Crippen molar-refractivity contribution in [2.45, 2.75) is 13.5 Å².